The van der Waals surface area contributed by atoms with Gasteiger partial charge in [-0.05, 0) is 44.4 Å². The highest BCUT2D eigenvalue weighted by molar-refractivity contribution is 7.16. The molecule has 0 aromatic carbocycles. The number of nitrogens with one attached hydrogen (secondary N) is 1. The van der Waals surface area contributed by atoms with Gasteiger partial charge in [-0.2, -0.15) is 0 Å². The highest BCUT2D eigenvalue weighted by Gasteiger charge is 2.16. The highest BCUT2D eigenvalue weighted by Crippen LogP contribution is 2.29. The Morgan fingerprint density at radius 2 is 2.11 bits per heavy atom. The first kappa shape index (κ1) is 14.4. The van der Waals surface area contributed by atoms with Crippen LogP contribution in [-0.4, -0.2) is 13.1 Å². The Morgan fingerprint density at radius 3 is 2.72 bits per heavy atom. The molecule has 1 aliphatic carbocycles. The van der Waals surface area contributed by atoms with Crippen LogP contribution in [0.25, 0.3) is 0 Å². The molecular formula is C15H24ClNS. The van der Waals surface area contributed by atoms with Gasteiger partial charge < -0.3 is 5.32 Å². The summed E-state index contributed by atoms with van der Waals surface area (Å²) in [4.78, 5) is 1.41. The van der Waals surface area contributed by atoms with E-state index in [1.165, 1.54) is 49.8 Å². The van der Waals surface area contributed by atoms with Crippen molar-refractivity contribution in [2.75, 3.05) is 7.05 Å². The third-order valence-corrected chi connectivity index (χ3v) is 5.39. The summed E-state index contributed by atoms with van der Waals surface area (Å²) < 4.78 is 0.909. The van der Waals surface area contributed by atoms with E-state index in [9.17, 15) is 0 Å². The molecule has 1 N–H and O–H groups in total. The molecule has 1 fully saturated rings. The first-order valence-corrected chi connectivity index (χ1v) is 8.39. The van der Waals surface area contributed by atoms with E-state index < -0.39 is 0 Å². The zero-order valence-corrected chi connectivity index (χ0v) is 12.8. The second kappa shape index (κ2) is 7.52. The maximum Gasteiger partial charge on any atom is 0.0931 e. The lowest BCUT2D eigenvalue weighted by molar-refractivity contribution is 0.316. The minimum absolute atomic E-state index is 0.613. The van der Waals surface area contributed by atoms with Crippen LogP contribution in [0.2, 0.25) is 4.34 Å². The summed E-state index contributed by atoms with van der Waals surface area (Å²) >= 11 is 7.70. The molecule has 0 amide bonds. The summed E-state index contributed by atoms with van der Waals surface area (Å²) in [6, 6.07) is 4.79. The number of thiophene rings is 1. The van der Waals surface area contributed by atoms with Gasteiger partial charge in [-0.25, -0.2) is 0 Å². The third kappa shape index (κ3) is 4.56. The smallest absolute Gasteiger partial charge is 0.0931 e. The van der Waals surface area contributed by atoms with Crippen LogP contribution in [-0.2, 0) is 6.42 Å². The van der Waals surface area contributed by atoms with Gasteiger partial charge in [-0.1, -0.05) is 43.7 Å². The maximum absolute atomic E-state index is 5.98. The quantitative estimate of drug-likeness (QED) is 0.784. The molecule has 18 heavy (non-hydrogen) atoms. The predicted molar refractivity (Wildman–Crippen MR) is 81.7 cm³/mol. The molecule has 3 heteroatoms. The number of likely N-dealkylation sites (N-methyl/N-ethyl adjacent to an activating group) is 1. The number of hydrogen-bond acceptors (Lipinski definition) is 2. The molecule has 1 aliphatic rings. The van der Waals surface area contributed by atoms with Crippen molar-refractivity contribution in [3.8, 4) is 0 Å². The fraction of sp³-hybridized carbons (Fsp3) is 0.733. The Hall–Kier alpha value is -0.0500. The summed E-state index contributed by atoms with van der Waals surface area (Å²) in [7, 11) is 2.08. The van der Waals surface area contributed by atoms with Crippen molar-refractivity contribution in [1.29, 1.82) is 0 Å². The maximum atomic E-state index is 5.98. The molecule has 1 unspecified atom stereocenters. The fourth-order valence-corrected chi connectivity index (χ4v) is 4.13. The number of rotatable bonds is 6. The Morgan fingerprint density at radius 1 is 1.33 bits per heavy atom. The zero-order chi connectivity index (χ0) is 12.8. The predicted octanol–water partition coefficient (Wildman–Crippen LogP) is 4.89. The molecule has 2 rings (SSSR count). The van der Waals surface area contributed by atoms with E-state index >= 15 is 0 Å². The first-order valence-electron chi connectivity index (χ1n) is 7.19. The normalized spacial score (nSPS) is 19.0. The minimum Gasteiger partial charge on any atom is -0.317 e. The van der Waals surface area contributed by atoms with Gasteiger partial charge >= 0.3 is 0 Å². The largest absolute Gasteiger partial charge is 0.317 e. The van der Waals surface area contributed by atoms with E-state index in [1.807, 2.05) is 6.07 Å². The van der Waals surface area contributed by atoms with Gasteiger partial charge in [0.1, 0.15) is 0 Å². The van der Waals surface area contributed by atoms with Crippen molar-refractivity contribution < 1.29 is 0 Å². The summed E-state index contributed by atoms with van der Waals surface area (Å²) in [5.41, 5.74) is 0. The molecule has 0 bridgehead atoms. The van der Waals surface area contributed by atoms with Crippen LogP contribution in [0.15, 0.2) is 12.1 Å². The molecule has 0 radical (unpaired) electrons. The summed E-state index contributed by atoms with van der Waals surface area (Å²) in [6.07, 6.45) is 11.1. The van der Waals surface area contributed by atoms with Crippen LogP contribution in [0.5, 0.6) is 0 Å². The zero-order valence-electron chi connectivity index (χ0n) is 11.3. The molecule has 1 nitrogen and oxygen atoms in total. The van der Waals surface area contributed by atoms with Crippen LogP contribution in [0, 0.1) is 5.92 Å². The topological polar surface area (TPSA) is 12.0 Å². The average molecular weight is 286 g/mol. The first-order chi connectivity index (χ1) is 8.78. The van der Waals surface area contributed by atoms with Crippen LogP contribution < -0.4 is 5.32 Å². The number of halogens is 1. The van der Waals surface area contributed by atoms with E-state index in [2.05, 4.69) is 18.4 Å². The summed E-state index contributed by atoms with van der Waals surface area (Å²) in [5.74, 6) is 0.988. The molecule has 1 atom stereocenters. The second-order valence-corrected chi connectivity index (χ2v) is 7.28. The van der Waals surface area contributed by atoms with Gasteiger partial charge in [0, 0.05) is 10.9 Å². The van der Waals surface area contributed by atoms with Crippen molar-refractivity contribution in [1.82, 2.24) is 5.32 Å². The SMILES string of the molecule is CNC(CCC1CCCCC1)Cc1ccc(Cl)s1. The highest BCUT2D eigenvalue weighted by atomic mass is 35.5. The lowest BCUT2D eigenvalue weighted by Crippen LogP contribution is -2.28. The molecular weight excluding hydrogens is 262 g/mol. The third-order valence-electron chi connectivity index (χ3n) is 4.13. The van der Waals surface area contributed by atoms with Crippen molar-refractivity contribution in [2.24, 2.45) is 5.92 Å². The van der Waals surface area contributed by atoms with Gasteiger partial charge in [-0.3, -0.25) is 0 Å². The fourth-order valence-electron chi connectivity index (χ4n) is 2.97. The van der Waals surface area contributed by atoms with E-state index in [4.69, 9.17) is 11.6 Å². The Labute approximate surface area is 120 Å². The van der Waals surface area contributed by atoms with Crippen molar-refractivity contribution >= 4 is 22.9 Å². The number of hydrogen-bond donors (Lipinski definition) is 1. The molecule has 0 saturated heterocycles. The van der Waals surface area contributed by atoms with E-state index in [0.717, 1.165) is 16.7 Å². The van der Waals surface area contributed by atoms with Gasteiger partial charge in [0.25, 0.3) is 0 Å². The molecule has 0 aliphatic heterocycles. The minimum atomic E-state index is 0.613. The van der Waals surface area contributed by atoms with E-state index in [1.54, 1.807) is 11.3 Å². The lowest BCUT2D eigenvalue weighted by atomic mass is 9.85. The second-order valence-electron chi connectivity index (χ2n) is 5.48. The van der Waals surface area contributed by atoms with E-state index in [-0.39, 0.29) is 0 Å². The average Bonchev–Trinajstić information content (AvgIpc) is 2.81. The lowest BCUT2D eigenvalue weighted by Gasteiger charge is -2.24. The van der Waals surface area contributed by atoms with Gasteiger partial charge in [0.05, 0.1) is 4.34 Å². The van der Waals surface area contributed by atoms with Gasteiger partial charge in [-0.15, -0.1) is 11.3 Å². The van der Waals surface area contributed by atoms with Crippen LogP contribution >= 0.6 is 22.9 Å². The molecule has 1 heterocycles. The van der Waals surface area contributed by atoms with Crippen LogP contribution in [0.4, 0.5) is 0 Å². The Kier molecular flexibility index (Phi) is 6.00. The van der Waals surface area contributed by atoms with E-state index in [0.29, 0.717) is 6.04 Å². The van der Waals surface area contributed by atoms with Gasteiger partial charge in [0.2, 0.25) is 0 Å². The van der Waals surface area contributed by atoms with Crippen LogP contribution in [0.3, 0.4) is 0 Å². The van der Waals surface area contributed by atoms with Crippen LogP contribution in [0.1, 0.15) is 49.8 Å². The van der Waals surface area contributed by atoms with Crippen molar-refractivity contribution in [3.63, 3.8) is 0 Å². The summed E-state index contributed by atoms with van der Waals surface area (Å²) in [6.45, 7) is 0. The summed E-state index contributed by atoms with van der Waals surface area (Å²) in [5, 5.41) is 3.46. The molecule has 1 aromatic heterocycles. The molecule has 0 spiro atoms. The molecule has 1 aromatic rings. The Bertz CT molecular complexity index is 344. The molecule has 1 saturated carbocycles. The van der Waals surface area contributed by atoms with Crippen molar-refractivity contribution in [3.05, 3.63) is 21.3 Å². The van der Waals surface area contributed by atoms with Gasteiger partial charge in [0.15, 0.2) is 0 Å². The molecule has 102 valence electrons. The van der Waals surface area contributed by atoms with Crippen molar-refractivity contribution in [2.45, 2.75) is 57.4 Å². The monoisotopic (exact) mass is 285 g/mol. The Balaban J connectivity index is 1.74. The standard InChI is InChI=1S/C15H24ClNS/c1-17-13(11-14-9-10-15(16)18-14)8-7-12-5-3-2-4-6-12/h9-10,12-13,17H,2-8,11H2,1H3.